The van der Waals surface area contributed by atoms with Gasteiger partial charge in [0.1, 0.15) is 24.7 Å². The van der Waals surface area contributed by atoms with Crippen molar-refractivity contribution in [1.29, 1.82) is 0 Å². The minimum atomic E-state index is -1.64. The van der Waals surface area contributed by atoms with Gasteiger partial charge in [-0.25, -0.2) is 0 Å². The van der Waals surface area contributed by atoms with Gasteiger partial charge in [-0.2, -0.15) is 0 Å². The molecule has 2 aliphatic carbocycles. The largest absolute Gasteiger partial charge is 0.481 e. The summed E-state index contributed by atoms with van der Waals surface area (Å²) in [4.78, 5) is 85.3. The van der Waals surface area contributed by atoms with Crippen LogP contribution in [0.15, 0.2) is 12.2 Å². The number of hydrogen-bond donors (Lipinski definition) is 10. The highest BCUT2D eigenvalue weighted by Gasteiger charge is 2.60. The Kier molecular flexibility index (Phi) is 17.8. The Bertz CT molecular complexity index is 1360. The number of esters is 1. The Hall–Kier alpha value is -3.62. The van der Waals surface area contributed by atoms with Crippen LogP contribution in [0.1, 0.15) is 72.1 Å². The highest BCUT2D eigenvalue weighted by Crippen LogP contribution is 2.55. The van der Waals surface area contributed by atoms with E-state index in [9.17, 15) is 54.0 Å². The predicted octanol–water partition coefficient (Wildman–Crippen LogP) is -1.21. The number of carboxylic acids is 3. The van der Waals surface area contributed by atoms with E-state index in [0.29, 0.717) is 6.42 Å². The third-order valence-corrected chi connectivity index (χ3v) is 11.5. The number of amides is 2. The number of carboxylic acid groups (broad SMARTS) is 3. The summed E-state index contributed by atoms with van der Waals surface area (Å²) in [5, 5.41) is 75.1. The fourth-order valence-electron chi connectivity index (χ4n) is 6.71. The molecule has 0 spiro atoms. The van der Waals surface area contributed by atoms with E-state index in [2.05, 4.69) is 5.32 Å². The van der Waals surface area contributed by atoms with Crippen molar-refractivity contribution in [3.8, 4) is 0 Å². The van der Waals surface area contributed by atoms with E-state index < -0.39 is 132 Å². The van der Waals surface area contributed by atoms with Crippen LogP contribution >= 0.6 is 11.8 Å². The molecule has 1 fully saturated rings. The molecule has 0 saturated heterocycles. The van der Waals surface area contributed by atoms with Gasteiger partial charge in [0, 0.05) is 24.5 Å². The van der Waals surface area contributed by atoms with Crippen LogP contribution in [0, 0.1) is 23.7 Å². The maximum atomic E-state index is 13.3. The standard InChI is InChI=1S/C34H53N3O15S/c1-4-16(2)33(51)52-24-13-23(40)30(47)34(10-9-17(3)20(28(24)34)6-5-18(38)11-19(39)12-26(42)43)53-15-22(29(46)31(48)36-14-27(44)45)37-25(41)8-7-21(35)32(49)50/h9-10,16-24,28,30,38-40,47H,4-8,11-15,35H2,1-3H3,(H,36,48)(H,37,41)(H,42,43)(H,44,45)(H,49,50)/t16-,17-,18+,19+,20-,21-,22-,23-,24-,28-,30-,34-/m0/s1. The van der Waals surface area contributed by atoms with E-state index in [1.807, 2.05) is 12.2 Å². The number of aliphatic hydroxyl groups excluding tert-OH is 4. The lowest BCUT2D eigenvalue weighted by molar-refractivity contribution is -0.173. The highest BCUT2D eigenvalue weighted by molar-refractivity contribution is 8.01. The first-order valence-electron chi connectivity index (χ1n) is 17.5. The number of rotatable bonds is 22. The normalized spacial score (nSPS) is 27.9. The van der Waals surface area contributed by atoms with Gasteiger partial charge in [-0.05, 0) is 43.9 Å². The lowest BCUT2D eigenvalue weighted by Crippen LogP contribution is -2.64. The molecule has 2 amide bonds. The van der Waals surface area contributed by atoms with Crippen molar-refractivity contribution in [2.24, 2.45) is 29.4 Å². The van der Waals surface area contributed by atoms with E-state index in [0.717, 1.165) is 11.8 Å². The van der Waals surface area contributed by atoms with Gasteiger partial charge in [-0.1, -0.05) is 32.9 Å². The third kappa shape index (κ3) is 13.0. The van der Waals surface area contributed by atoms with Crippen molar-refractivity contribution >= 4 is 53.2 Å². The Morgan fingerprint density at radius 1 is 1.02 bits per heavy atom. The molecule has 2 aliphatic rings. The molecular formula is C34H53N3O15S. The van der Waals surface area contributed by atoms with Crippen molar-refractivity contribution in [1.82, 2.24) is 10.6 Å². The summed E-state index contributed by atoms with van der Waals surface area (Å²) >= 11 is 0.886. The summed E-state index contributed by atoms with van der Waals surface area (Å²) in [6, 6.07) is -3.05. The van der Waals surface area contributed by atoms with E-state index in [1.165, 1.54) is 0 Å². The van der Waals surface area contributed by atoms with Gasteiger partial charge in [-0.3, -0.25) is 33.6 Å². The molecule has 2 rings (SSSR count). The first kappa shape index (κ1) is 45.5. The molecule has 0 unspecified atom stereocenters. The topological polar surface area (TPSA) is 320 Å². The number of carbonyl (C=O) groups is 7. The Balaban J connectivity index is 2.54. The number of Topliss-reactive ketones (excluding diaryl/α,β-unsaturated/α-hetero) is 1. The van der Waals surface area contributed by atoms with Crippen molar-refractivity contribution < 1.29 is 74.0 Å². The molecule has 18 nitrogen and oxygen atoms in total. The second-order valence-electron chi connectivity index (χ2n) is 13.9. The van der Waals surface area contributed by atoms with Crippen LogP contribution in [0.4, 0.5) is 0 Å². The molecule has 11 N–H and O–H groups in total. The number of allylic oxidation sites excluding steroid dienone is 1. The summed E-state index contributed by atoms with van der Waals surface area (Å²) in [5.41, 5.74) is 5.50. The van der Waals surface area contributed by atoms with Gasteiger partial charge in [0.2, 0.25) is 11.7 Å². The summed E-state index contributed by atoms with van der Waals surface area (Å²) in [6.45, 7) is 4.39. The molecule has 0 aromatic heterocycles. The molecule has 300 valence electrons. The first-order valence-corrected chi connectivity index (χ1v) is 18.5. The molecule has 0 aromatic carbocycles. The maximum Gasteiger partial charge on any atom is 0.322 e. The Morgan fingerprint density at radius 3 is 2.26 bits per heavy atom. The number of thioether (sulfide) groups is 1. The van der Waals surface area contributed by atoms with Crippen molar-refractivity contribution in [3.63, 3.8) is 0 Å². The number of aliphatic carboxylic acids is 3. The first-order chi connectivity index (χ1) is 24.7. The molecule has 1 saturated carbocycles. The molecule has 53 heavy (non-hydrogen) atoms. The smallest absolute Gasteiger partial charge is 0.322 e. The monoisotopic (exact) mass is 775 g/mol. The highest BCUT2D eigenvalue weighted by atomic mass is 32.2. The zero-order valence-electron chi connectivity index (χ0n) is 30.0. The Morgan fingerprint density at radius 2 is 1.68 bits per heavy atom. The van der Waals surface area contributed by atoms with Gasteiger partial charge in [0.05, 0.1) is 41.5 Å². The Labute approximate surface area is 310 Å². The molecule has 19 heteroatoms. The average Bonchev–Trinajstić information content (AvgIpc) is 3.08. The van der Waals surface area contributed by atoms with Crippen LogP contribution in [0.5, 0.6) is 0 Å². The van der Waals surface area contributed by atoms with Crippen LogP contribution in [-0.4, -0.2) is 137 Å². The molecule has 0 bridgehead atoms. The zero-order chi connectivity index (χ0) is 40.2. The molecule has 0 heterocycles. The number of fused-ring (bicyclic) bond motifs is 1. The van der Waals surface area contributed by atoms with Crippen LogP contribution in [0.2, 0.25) is 0 Å². The van der Waals surface area contributed by atoms with Gasteiger partial charge < -0.3 is 56.8 Å². The predicted molar refractivity (Wildman–Crippen MR) is 187 cm³/mol. The van der Waals surface area contributed by atoms with E-state index in [1.54, 1.807) is 26.0 Å². The van der Waals surface area contributed by atoms with Gasteiger partial charge in [0.15, 0.2) is 0 Å². The van der Waals surface area contributed by atoms with Crippen molar-refractivity contribution in [3.05, 3.63) is 12.2 Å². The number of nitrogens with two attached hydrogens (primary N) is 1. The summed E-state index contributed by atoms with van der Waals surface area (Å²) in [5.74, 6) is -10.6. The number of carbonyl (C=O) groups excluding carboxylic acids is 4. The average molecular weight is 776 g/mol. The zero-order valence-corrected chi connectivity index (χ0v) is 30.8. The van der Waals surface area contributed by atoms with Gasteiger partial charge >= 0.3 is 23.9 Å². The minimum Gasteiger partial charge on any atom is -0.481 e. The molecule has 12 atom stereocenters. The van der Waals surface area contributed by atoms with Crippen molar-refractivity contribution in [2.75, 3.05) is 12.3 Å². The molecule has 0 radical (unpaired) electrons. The van der Waals surface area contributed by atoms with Gasteiger partial charge in [-0.15, -0.1) is 11.8 Å². The third-order valence-electron chi connectivity index (χ3n) is 9.86. The number of ketones is 1. The summed E-state index contributed by atoms with van der Waals surface area (Å²) < 4.78 is 4.46. The second kappa shape index (κ2) is 20.7. The van der Waals surface area contributed by atoms with Crippen LogP contribution in [0.3, 0.4) is 0 Å². The molecular weight excluding hydrogens is 722 g/mol. The van der Waals surface area contributed by atoms with E-state index in [4.69, 9.17) is 25.8 Å². The minimum absolute atomic E-state index is 0.0703. The number of ether oxygens (including phenoxy) is 1. The quantitative estimate of drug-likeness (QED) is 0.0350. The summed E-state index contributed by atoms with van der Waals surface area (Å²) in [7, 11) is 0. The van der Waals surface area contributed by atoms with E-state index >= 15 is 0 Å². The van der Waals surface area contributed by atoms with E-state index in [-0.39, 0.29) is 38.0 Å². The SMILES string of the molecule is CC[C@H](C)C(=O)O[C@H]1C[C@H](O)[C@H](O)[C@]2(SC[C@H](NC(=O)CC[C@H](N)C(=O)O)C(=O)C(=O)NCC(=O)O)C=C[C@H](C)[C@H](CC[C@@H](O)C[C@@H](O)CC(=O)O)[C@@H]12. The fraction of sp³-hybridized carbons (Fsp3) is 0.735. The fourth-order valence-corrected chi connectivity index (χ4v) is 8.42. The number of aliphatic hydroxyl groups is 4. The number of nitrogens with one attached hydrogen (secondary N) is 2. The lowest BCUT2D eigenvalue weighted by atomic mass is 9.60. The molecule has 0 aliphatic heterocycles. The maximum absolute atomic E-state index is 13.3. The van der Waals surface area contributed by atoms with Crippen LogP contribution in [0.25, 0.3) is 0 Å². The molecule has 0 aromatic rings. The number of hydrogen-bond acceptors (Lipinski definition) is 14. The van der Waals surface area contributed by atoms with Crippen LogP contribution in [-0.2, 0) is 38.3 Å². The van der Waals surface area contributed by atoms with Crippen LogP contribution < -0.4 is 16.4 Å². The van der Waals surface area contributed by atoms with Gasteiger partial charge in [0.25, 0.3) is 5.91 Å². The second-order valence-corrected chi connectivity index (χ2v) is 15.2. The summed E-state index contributed by atoms with van der Waals surface area (Å²) in [6.07, 6.45) is -4.09. The van der Waals surface area contributed by atoms with Crippen molar-refractivity contribution in [2.45, 2.75) is 119 Å². The lowest BCUT2D eigenvalue weighted by Gasteiger charge is -2.56.